The van der Waals surface area contributed by atoms with Gasteiger partial charge in [0.15, 0.2) is 5.58 Å². The van der Waals surface area contributed by atoms with Crippen molar-refractivity contribution >= 4 is 11.1 Å². The van der Waals surface area contributed by atoms with E-state index in [1.807, 2.05) is 18.2 Å². The van der Waals surface area contributed by atoms with Gasteiger partial charge < -0.3 is 15.5 Å². The van der Waals surface area contributed by atoms with Gasteiger partial charge >= 0.3 is 5.76 Å². The van der Waals surface area contributed by atoms with Crippen molar-refractivity contribution in [3.63, 3.8) is 0 Å². The van der Waals surface area contributed by atoms with Crippen LogP contribution in [0.2, 0.25) is 0 Å². The molecule has 0 saturated carbocycles. The minimum Gasteiger partial charge on any atom is -0.408 e. The number of H-pyrrole nitrogens is 1. The van der Waals surface area contributed by atoms with E-state index in [-0.39, 0.29) is 0 Å². The lowest BCUT2D eigenvalue weighted by Gasteiger charge is -2.09. The molecule has 19 heavy (non-hydrogen) atoms. The SMILES string of the molecule is CC(CN)CCNCCc1ccc2oc(=O)[nH]c2c1. The molecule has 5 heteroatoms. The molecule has 0 saturated heterocycles. The van der Waals surface area contributed by atoms with Crippen LogP contribution in [-0.4, -0.2) is 24.6 Å². The van der Waals surface area contributed by atoms with Crippen LogP contribution in [0.3, 0.4) is 0 Å². The van der Waals surface area contributed by atoms with Crippen molar-refractivity contribution in [1.82, 2.24) is 10.3 Å². The number of aromatic amines is 1. The van der Waals surface area contributed by atoms with Gasteiger partial charge in [0.2, 0.25) is 0 Å². The van der Waals surface area contributed by atoms with Crippen LogP contribution in [0, 0.1) is 5.92 Å². The minimum absolute atomic E-state index is 0.402. The highest BCUT2D eigenvalue weighted by Crippen LogP contribution is 2.12. The van der Waals surface area contributed by atoms with E-state index in [9.17, 15) is 4.79 Å². The van der Waals surface area contributed by atoms with E-state index in [4.69, 9.17) is 10.2 Å². The summed E-state index contributed by atoms with van der Waals surface area (Å²) in [5.41, 5.74) is 8.12. The van der Waals surface area contributed by atoms with Crippen molar-refractivity contribution in [2.45, 2.75) is 19.8 Å². The van der Waals surface area contributed by atoms with Crippen LogP contribution >= 0.6 is 0 Å². The third kappa shape index (κ3) is 3.94. The fourth-order valence-electron chi connectivity index (χ4n) is 1.98. The average Bonchev–Trinajstić information content (AvgIpc) is 2.77. The van der Waals surface area contributed by atoms with Crippen LogP contribution in [0.1, 0.15) is 18.9 Å². The predicted molar refractivity (Wildman–Crippen MR) is 76.2 cm³/mol. The second-order valence-corrected chi connectivity index (χ2v) is 4.97. The molecule has 0 aliphatic rings. The molecule has 2 aromatic rings. The second-order valence-electron chi connectivity index (χ2n) is 4.97. The molecule has 0 aliphatic carbocycles. The van der Waals surface area contributed by atoms with E-state index in [0.717, 1.165) is 38.0 Å². The Bertz CT molecular complexity index is 573. The number of oxazole rings is 1. The molecule has 1 aromatic heterocycles. The Labute approximate surface area is 112 Å². The molecule has 0 spiro atoms. The quantitative estimate of drug-likeness (QED) is 0.656. The molecule has 1 atom stereocenters. The summed E-state index contributed by atoms with van der Waals surface area (Å²) in [4.78, 5) is 13.7. The van der Waals surface area contributed by atoms with Gasteiger partial charge in [-0.05, 0) is 56.1 Å². The number of nitrogens with one attached hydrogen (secondary N) is 2. The van der Waals surface area contributed by atoms with Crippen LogP contribution in [0.4, 0.5) is 0 Å². The van der Waals surface area contributed by atoms with Crippen molar-refractivity contribution in [3.05, 3.63) is 34.3 Å². The summed E-state index contributed by atoms with van der Waals surface area (Å²) in [6.07, 6.45) is 2.03. The van der Waals surface area contributed by atoms with Gasteiger partial charge in [0.1, 0.15) is 0 Å². The van der Waals surface area contributed by atoms with Crippen LogP contribution in [0.25, 0.3) is 11.1 Å². The molecular formula is C14H21N3O2. The highest BCUT2D eigenvalue weighted by atomic mass is 16.4. The molecule has 2 rings (SSSR count). The summed E-state index contributed by atoms with van der Waals surface area (Å²) in [5, 5.41) is 3.40. The van der Waals surface area contributed by atoms with E-state index >= 15 is 0 Å². The Balaban J connectivity index is 1.80. The number of nitrogens with two attached hydrogens (primary N) is 1. The molecular weight excluding hydrogens is 242 g/mol. The third-order valence-electron chi connectivity index (χ3n) is 3.29. The van der Waals surface area contributed by atoms with E-state index in [1.54, 1.807) is 0 Å². The molecule has 0 amide bonds. The number of hydrogen-bond acceptors (Lipinski definition) is 4. The zero-order valence-corrected chi connectivity index (χ0v) is 11.2. The lowest BCUT2D eigenvalue weighted by atomic mass is 10.1. The van der Waals surface area contributed by atoms with Crippen molar-refractivity contribution in [1.29, 1.82) is 0 Å². The number of aromatic nitrogens is 1. The maximum atomic E-state index is 11.0. The van der Waals surface area contributed by atoms with Crippen LogP contribution in [-0.2, 0) is 6.42 Å². The normalized spacial score (nSPS) is 12.9. The molecule has 1 unspecified atom stereocenters. The first-order valence-electron chi connectivity index (χ1n) is 6.71. The first kappa shape index (κ1) is 13.8. The Morgan fingerprint density at radius 1 is 1.42 bits per heavy atom. The zero-order chi connectivity index (χ0) is 13.7. The third-order valence-corrected chi connectivity index (χ3v) is 3.29. The van der Waals surface area contributed by atoms with E-state index in [1.165, 1.54) is 5.56 Å². The maximum absolute atomic E-state index is 11.0. The predicted octanol–water partition coefficient (Wildman–Crippen LogP) is 1.24. The fraction of sp³-hybridized carbons (Fsp3) is 0.500. The number of rotatable bonds is 7. The summed E-state index contributed by atoms with van der Waals surface area (Å²) in [7, 11) is 0. The first-order chi connectivity index (χ1) is 9.19. The van der Waals surface area contributed by atoms with Crippen molar-refractivity contribution in [3.8, 4) is 0 Å². The van der Waals surface area contributed by atoms with E-state index < -0.39 is 5.76 Å². The van der Waals surface area contributed by atoms with Crippen LogP contribution in [0.5, 0.6) is 0 Å². The zero-order valence-electron chi connectivity index (χ0n) is 11.2. The average molecular weight is 263 g/mol. The van der Waals surface area contributed by atoms with Gasteiger partial charge in [-0.2, -0.15) is 0 Å². The summed E-state index contributed by atoms with van der Waals surface area (Å²) < 4.78 is 4.97. The summed E-state index contributed by atoms with van der Waals surface area (Å²) in [6, 6.07) is 5.78. The molecule has 1 aromatic carbocycles. The van der Waals surface area contributed by atoms with Crippen LogP contribution in [0.15, 0.2) is 27.4 Å². The van der Waals surface area contributed by atoms with Crippen molar-refractivity contribution in [2.75, 3.05) is 19.6 Å². The number of benzene rings is 1. The highest BCUT2D eigenvalue weighted by molar-refractivity contribution is 5.72. The Hall–Kier alpha value is -1.59. The monoisotopic (exact) mass is 263 g/mol. The Morgan fingerprint density at radius 3 is 3.05 bits per heavy atom. The molecule has 0 aliphatic heterocycles. The number of hydrogen-bond donors (Lipinski definition) is 3. The summed E-state index contributed by atoms with van der Waals surface area (Å²) >= 11 is 0. The van der Waals surface area contributed by atoms with Gasteiger partial charge in [-0.25, -0.2) is 4.79 Å². The van der Waals surface area contributed by atoms with Crippen LogP contribution < -0.4 is 16.8 Å². The topological polar surface area (TPSA) is 84.0 Å². The largest absolute Gasteiger partial charge is 0.417 e. The lowest BCUT2D eigenvalue weighted by molar-refractivity contribution is 0.511. The molecule has 5 nitrogen and oxygen atoms in total. The maximum Gasteiger partial charge on any atom is 0.417 e. The van der Waals surface area contributed by atoms with Gasteiger partial charge in [0.05, 0.1) is 5.52 Å². The van der Waals surface area contributed by atoms with Gasteiger partial charge in [0.25, 0.3) is 0 Å². The highest BCUT2D eigenvalue weighted by Gasteiger charge is 2.02. The molecule has 0 radical (unpaired) electrons. The fourth-order valence-corrected chi connectivity index (χ4v) is 1.98. The molecule has 104 valence electrons. The second kappa shape index (κ2) is 6.54. The van der Waals surface area contributed by atoms with E-state index in [2.05, 4.69) is 17.2 Å². The van der Waals surface area contributed by atoms with Crippen molar-refractivity contribution < 1.29 is 4.42 Å². The molecule has 0 bridgehead atoms. The summed E-state index contributed by atoms with van der Waals surface area (Å²) in [6.45, 7) is 4.81. The minimum atomic E-state index is -0.402. The van der Waals surface area contributed by atoms with E-state index in [0.29, 0.717) is 11.5 Å². The Kier molecular flexibility index (Phi) is 4.76. The van der Waals surface area contributed by atoms with Gasteiger partial charge in [-0.1, -0.05) is 13.0 Å². The number of fused-ring (bicyclic) bond motifs is 1. The first-order valence-corrected chi connectivity index (χ1v) is 6.71. The van der Waals surface area contributed by atoms with Crippen molar-refractivity contribution in [2.24, 2.45) is 11.7 Å². The smallest absolute Gasteiger partial charge is 0.408 e. The van der Waals surface area contributed by atoms with Gasteiger partial charge in [0, 0.05) is 0 Å². The summed E-state index contributed by atoms with van der Waals surface area (Å²) in [5.74, 6) is 0.168. The standard InChI is InChI=1S/C14H21N3O2/c1-10(9-15)4-6-16-7-5-11-2-3-13-12(8-11)17-14(18)19-13/h2-3,8,10,16H,4-7,9,15H2,1H3,(H,17,18). The van der Waals surface area contributed by atoms with Gasteiger partial charge in [-0.15, -0.1) is 0 Å². The lowest BCUT2D eigenvalue weighted by Crippen LogP contribution is -2.22. The molecule has 1 heterocycles. The van der Waals surface area contributed by atoms with Gasteiger partial charge in [-0.3, -0.25) is 4.98 Å². The molecule has 0 fully saturated rings. The Morgan fingerprint density at radius 2 is 2.26 bits per heavy atom. The molecule has 4 N–H and O–H groups in total.